The fourth-order valence-corrected chi connectivity index (χ4v) is 3.99. The number of aliphatic hydroxyl groups excluding tert-OH is 1. The number of aliphatic hydroxyl groups is 1. The van der Waals surface area contributed by atoms with E-state index in [1.54, 1.807) is 11.8 Å². The van der Waals surface area contributed by atoms with Gasteiger partial charge in [-0.25, -0.2) is 0 Å². The predicted molar refractivity (Wildman–Crippen MR) is 96.3 cm³/mol. The second-order valence-corrected chi connectivity index (χ2v) is 7.53. The third-order valence-electron chi connectivity index (χ3n) is 4.20. The van der Waals surface area contributed by atoms with E-state index in [1.807, 2.05) is 24.3 Å². The fraction of sp³-hybridized carbons (Fsp3) is 0.294. The van der Waals surface area contributed by atoms with E-state index in [0.717, 1.165) is 28.0 Å². The Labute approximate surface area is 153 Å². The third kappa shape index (κ3) is 2.89. The largest absolute Gasteiger partial charge is 0.395 e. The van der Waals surface area contributed by atoms with Crippen LogP contribution in [0.5, 0.6) is 0 Å². The second kappa shape index (κ2) is 6.58. The maximum absolute atomic E-state index is 12.2. The molecule has 0 fully saturated rings. The van der Waals surface area contributed by atoms with Gasteiger partial charge in [0.2, 0.25) is 0 Å². The summed E-state index contributed by atoms with van der Waals surface area (Å²) in [6.07, 6.45) is 1.25. The molecule has 2 N–H and O–H groups in total. The van der Waals surface area contributed by atoms with Crippen LogP contribution in [0, 0.1) is 0 Å². The first kappa shape index (κ1) is 16.8. The number of carbonyl (C=O) groups is 2. The van der Waals surface area contributed by atoms with E-state index in [2.05, 4.69) is 27.0 Å². The molecule has 134 valence electrons. The molecule has 4 rings (SSSR count). The zero-order valence-electron chi connectivity index (χ0n) is 14.0. The molecular weight excluding hydrogens is 354 g/mol. The standard InChI is InChI=1S/C17H17N5O3S/c1-10-9-22-15(19-20-17(22)26-10)11-3-2-4-12(7-11)18-13-8-14(24)21(5-6-23)16(13)25/h2-4,7-8,10,18,23H,5-6,9H2,1H3. The normalized spacial score (nSPS) is 19.1. The SMILES string of the molecule is CC1Cn2c(nnc2-c2cccc(NC3=CC(=O)N(CCO)C3=O)c2)S1. The first-order chi connectivity index (χ1) is 12.6. The fourth-order valence-electron chi connectivity index (χ4n) is 3.03. The highest BCUT2D eigenvalue weighted by Gasteiger charge is 2.30. The van der Waals surface area contributed by atoms with E-state index < -0.39 is 11.8 Å². The van der Waals surface area contributed by atoms with Crippen LogP contribution in [0.15, 0.2) is 41.2 Å². The summed E-state index contributed by atoms with van der Waals surface area (Å²) < 4.78 is 2.08. The van der Waals surface area contributed by atoms with Crippen molar-refractivity contribution in [3.05, 3.63) is 36.0 Å². The average Bonchev–Trinajstić information content (AvgIpc) is 3.24. The van der Waals surface area contributed by atoms with Gasteiger partial charge in [-0.15, -0.1) is 10.2 Å². The maximum atomic E-state index is 12.2. The molecule has 3 heterocycles. The highest BCUT2D eigenvalue weighted by molar-refractivity contribution is 7.99. The van der Waals surface area contributed by atoms with Gasteiger partial charge >= 0.3 is 0 Å². The number of hydrogen-bond acceptors (Lipinski definition) is 7. The molecular formula is C17H17N5O3S. The van der Waals surface area contributed by atoms with Crippen LogP contribution in [0.25, 0.3) is 11.4 Å². The first-order valence-electron chi connectivity index (χ1n) is 8.22. The Morgan fingerprint density at radius 3 is 3.00 bits per heavy atom. The number of nitrogens with one attached hydrogen (secondary N) is 1. The van der Waals surface area contributed by atoms with E-state index in [-0.39, 0.29) is 18.8 Å². The summed E-state index contributed by atoms with van der Waals surface area (Å²) in [7, 11) is 0. The lowest BCUT2D eigenvalue weighted by Gasteiger charge is -2.13. The molecule has 9 heteroatoms. The second-order valence-electron chi connectivity index (χ2n) is 6.13. The van der Waals surface area contributed by atoms with Gasteiger partial charge in [-0.05, 0) is 12.1 Å². The summed E-state index contributed by atoms with van der Waals surface area (Å²) >= 11 is 1.70. The molecule has 2 amide bonds. The Bertz CT molecular complexity index is 923. The quantitative estimate of drug-likeness (QED) is 0.759. The van der Waals surface area contributed by atoms with Crippen LogP contribution in [0.1, 0.15) is 6.92 Å². The van der Waals surface area contributed by atoms with Crippen LogP contribution in [-0.2, 0) is 16.1 Å². The Hall–Kier alpha value is -2.65. The van der Waals surface area contributed by atoms with Gasteiger partial charge in [-0.1, -0.05) is 30.8 Å². The number of rotatable bonds is 5. The lowest BCUT2D eigenvalue weighted by atomic mass is 10.2. The number of benzene rings is 1. The average molecular weight is 371 g/mol. The summed E-state index contributed by atoms with van der Waals surface area (Å²) in [5.41, 5.74) is 1.75. The number of amides is 2. The lowest BCUT2D eigenvalue weighted by molar-refractivity contribution is -0.137. The van der Waals surface area contributed by atoms with Crippen molar-refractivity contribution in [3.8, 4) is 11.4 Å². The molecule has 0 aliphatic carbocycles. The first-order valence-corrected chi connectivity index (χ1v) is 9.10. The van der Waals surface area contributed by atoms with Crippen LogP contribution in [-0.4, -0.2) is 55.0 Å². The van der Waals surface area contributed by atoms with Crippen LogP contribution >= 0.6 is 11.8 Å². The van der Waals surface area contributed by atoms with Crippen molar-refractivity contribution in [3.63, 3.8) is 0 Å². The van der Waals surface area contributed by atoms with Gasteiger partial charge in [0.05, 0.1) is 13.2 Å². The summed E-state index contributed by atoms with van der Waals surface area (Å²) in [4.78, 5) is 25.1. The summed E-state index contributed by atoms with van der Waals surface area (Å²) in [5, 5.41) is 21.8. The van der Waals surface area contributed by atoms with Gasteiger partial charge in [0, 0.05) is 29.1 Å². The molecule has 0 saturated heterocycles. The third-order valence-corrected chi connectivity index (χ3v) is 5.26. The molecule has 0 bridgehead atoms. The highest BCUT2D eigenvalue weighted by Crippen LogP contribution is 2.34. The monoisotopic (exact) mass is 371 g/mol. The number of fused-ring (bicyclic) bond motifs is 1. The van der Waals surface area contributed by atoms with Crippen molar-refractivity contribution in [2.45, 2.75) is 23.9 Å². The van der Waals surface area contributed by atoms with Crippen molar-refractivity contribution in [1.82, 2.24) is 19.7 Å². The molecule has 26 heavy (non-hydrogen) atoms. The minimum atomic E-state index is -0.442. The molecule has 0 radical (unpaired) electrons. The predicted octanol–water partition coefficient (Wildman–Crippen LogP) is 1.10. The number of nitrogens with zero attached hydrogens (tertiary/aromatic N) is 4. The van der Waals surface area contributed by atoms with E-state index in [1.165, 1.54) is 6.08 Å². The van der Waals surface area contributed by atoms with Crippen LogP contribution in [0.3, 0.4) is 0 Å². The summed E-state index contributed by atoms with van der Waals surface area (Å²) in [5.74, 6) is -0.0859. The van der Waals surface area contributed by atoms with Crippen LogP contribution in [0.2, 0.25) is 0 Å². The number of aromatic nitrogens is 3. The molecule has 1 unspecified atom stereocenters. The maximum Gasteiger partial charge on any atom is 0.277 e. The molecule has 2 aromatic rings. The van der Waals surface area contributed by atoms with E-state index in [0.29, 0.717) is 10.9 Å². The molecule has 0 saturated carbocycles. The molecule has 1 atom stereocenters. The Morgan fingerprint density at radius 1 is 1.35 bits per heavy atom. The van der Waals surface area contributed by atoms with Crippen molar-refractivity contribution in [1.29, 1.82) is 0 Å². The van der Waals surface area contributed by atoms with Gasteiger partial charge in [0.15, 0.2) is 11.0 Å². The van der Waals surface area contributed by atoms with Crippen LogP contribution in [0.4, 0.5) is 5.69 Å². The Morgan fingerprint density at radius 2 is 2.19 bits per heavy atom. The number of thioether (sulfide) groups is 1. The van der Waals surface area contributed by atoms with E-state index in [9.17, 15) is 9.59 Å². The minimum absolute atomic E-state index is 0.0128. The Kier molecular flexibility index (Phi) is 4.25. The zero-order chi connectivity index (χ0) is 18.3. The van der Waals surface area contributed by atoms with E-state index >= 15 is 0 Å². The molecule has 8 nitrogen and oxygen atoms in total. The van der Waals surface area contributed by atoms with Crippen molar-refractivity contribution in [2.75, 3.05) is 18.5 Å². The number of hydrogen-bond donors (Lipinski definition) is 2. The molecule has 1 aromatic heterocycles. The van der Waals surface area contributed by atoms with E-state index in [4.69, 9.17) is 5.11 Å². The van der Waals surface area contributed by atoms with Crippen molar-refractivity contribution < 1.29 is 14.7 Å². The van der Waals surface area contributed by atoms with Crippen molar-refractivity contribution >= 4 is 29.3 Å². The summed E-state index contributed by atoms with van der Waals surface area (Å²) in [6.45, 7) is 2.73. The topological polar surface area (TPSA) is 100 Å². The number of carbonyl (C=O) groups excluding carboxylic acids is 2. The van der Waals surface area contributed by atoms with Gasteiger partial charge in [-0.2, -0.15) is 0 Å². The van der Waals surface area contributed by atoms with Gasteiger partial charge in [0.25, 0.3) is 11.8 Å². The molecule has 2 aliphatic heterocycles. The smallest absolute Gasteiger partial charge is 0.277 e. The molecule has 0 spiro atoms. The van der Waals surface area contributed by atoms with Crippen molar-refractivity contribution in [2.24, 2.45) is 0 Å². The highest BCUT2D eigenvalue weighted by atomic mass is 32.2. The number of imide groups is 1. The van der Waals surface area contributed by atoms with Gasteiger partial charge < -0.3 is 15.0 Å². The van der Waals surface area contributed by atoms with Gasteiger partial charge in [0.1, 0.15) is 5.70 Å². The number of β-amino-alcohol motifs (C(OH)–C–C–N with tert-alkyl or cyclic N) is 1. The minimum Gasteiger partial charge on any atom is -0.395 e. The van der Waals surface area contributed by atoms with Crippen LogP contribution < -0.4 is 5.32 Å². The lowest BCUT2D eigenvalue weighted by Crippen LogP contribution is -2.34. The molecule has 1 aromatic carbocycles. The van der Waals surface area contributed by atoms with Gasteiger partial charge in [-0.3, -0.25) is 14.5 Å². The summed E-state index contributed by atoms with van der Waals surface area (Å²) in [6, 6.07) is 7.48. The molecule has 2 aliphatic rings. The number of anilines is 1. The Balaban J connectivity index is 1.57. The zero-order valence-corrected chi connectivity index (χ0v) is 14.9.